The summed E-state index contributed by atoms with van der Waals surface area (Å²) in [6, 6.07) is 10.1. The zero-order valence-electron chi connectivity index (χ0n) is 14.3. The lowest BCUT2D eigenvalue weighted by Gasteiger charge is -2.12. The second-order valence-corrected chi connectivity index (χ2v) is 5.11. The van der Waals surface area contributed by atoms with E-state index in [1.54, 1.807) is 7.05 Å². The molecule has 0 amide bonds. The first-order valence-electron chi connectivity index (χ1n) is 7.61. The quantitative estimate of drug-likeness (QED) is 0.294. The van der Waals surface area contributed by atoms with E-state index in [0.717, 1.165) is 11.6 Å². The molecule has 7 nitrogen and oxygen atoms in total. The molecule has 2 N–H and O–H groups in total. The summed E-state index contributed by atoms with van der Waals surface area (Å²) in [6.07, 6.45) is 0. The lowest BCUT2D eigenvalue weighted by molar-refractivity contribution is 0.125. The summed E-state index contributed by atoms with van der Waals surface area (Å²) < 4.78 is 7.58. The van der Waals surface area contributed by atoms with E-state index >= 15 is 0 Å². The van der Waals surface area contributed by atoms with Crippen molar-refractivity contribution in [2.45, 2.75) is 20.1 Å². The second kappa shape index (κ2) is 11.0. The van der Waals surface area contributed by atoms with Crippen molar-refractivity contribution in [3.8, 4) is 0 Å². The van der Waals surface area contributed by atoms with E-state index in [1.165, 1.54) is 5.56 Å². The van der Waals surface area contributed by atoms with E-state index in [1.807, 2.05) is 36.7 Å². The molecule has 0 bridgehead atoms. The molecular formula is C16H25IN6O. The van der Waals surface area contributed by atoms with Crippen LogP contribution in [0.5, 0.6) is 0 Å². The van der Waals surface area contributed by atoms with Crippen LogP contribution in [0.3, 0.4) is 0 Å². The van der Waals surface area contributed by atoms with Crippen LogP contribution in [-0.4, -0.2) is 40.9 Å². The number of aromatic nitrogens is 3. The number of aliphatic imine (C=N–C) groups is 1. The van der Waals surface area contributed by atoms with Crippen molar-refractivity contribution in [1.82, 2.24) is 25.4 Å². The number of nitrogens with zero attached hydrogens (tertiary/aromatic N) is 4. The standard InChI is InChI=1S/C16H24N6O.HI/c1-13-20-21-15(22(13)3)11-19-16(17-2)18-9-10-23-12-14-7-5-4-6-8-14;/h4-8H,9-12H2,1-3H3,(H2,17,18,19);1H. The second-order valence-electron chi connectivity index (χ2n) is 5.11. The van der Waals surface area contributed by atoms with Crippen molar-refractivity contribution in [3.05, 3.63) is 47.5 Å². The van der Waals surface area contributed by atoms with Crippen molar-refractivity contribution in [2.75, 3.05) is 20.2 Å². The van der Waals surface area contributed by atoms with Gasteiger partial charge in [0.25, 0.3) is 0 Å². The predicted octanol–water partition coefficient (Wildman–Crippen LogP) is 1.62. The smallest absolute Gasteiger partial charge is 0.191 e. The molecule has 2 rings (SSSR count). The Kier molecular flexibility index (Phi) is 9.31. The predicted molar refractivity (Wildman–Crippen MR) is 105 cm³/mol. The van der Waals surface area contributed by atoms with Crippen molar-refractivity contribution in [1.29, 1.82) is 0 Å². The van der Waals surface area contributed by atoms with Crippen molar-refractivity contribution < 1.29 is 4.74 Å². The number of guanidine groups is 1. The Bertz CT molecular complexity index is 629. The lowest BCUT2D eigenvalue weighted by atomic mass is 10.2. The first kappa shape index (κ1) is 20.4. The molecule has 0 spiro atoms. The minimum Gasteiger partial charge on any atom is -0.375 e. The van der Waals surface area contributed by atoms with E-state index in [4.69, 9.17) is 4.74 Å². The molecule has 1 aromatic heterocycles. The van der Waals surface area contributed by atoms with Gasteiger partial charge in [-0.25, -0.2) is 0 Å². The molecule has 0 radical (unpaired) electrons. The Balaban J connectivity index is 0.00000288. The van der Waals surface area contributed by atoms with Crippen LogP contribution >= 0.6 is 24.0 Å². The number of benzene rings is 1. The molecule has 8 heteroatoms. The number of halogens is 1. The van der Waals surface area contributed by atoms with Gasteiger partial charge >= 0.3 is 0 Å². The van der Waals surface area contributed by atoms with Gasteiger partial charge in [0.15, 0.2) is 11.8 Å². The summed E-state index contributed by atoms with van der Waals surface area (Å²) in [4.78, 5) is 4.18. The fourth-order valence-corrected chi connectivity index (χ4v) is 1.99. The number of aryl methyl sites for hydroxylation is 1. The maximum atomic E-state index is 5.63. The third-order valence-corrected chi connectivity index (χ3v) is 3.47. The maximum absolute atomic E-state index is 5.63. The van der Waals surface area contributed by atoms with Gasteiger partial charge in [0, 0.05) is 20.6 Å². The summed E-state index contributed by atoms with van der Waals surface area (Å²) in [5.74, 6) is 2.47. The number of rotatable bonds is 7. The van der Waals surface area contributed by atoms with E-state index in [0.29, 0.717) is 32.3 Å². The Hall–Kier alpha value is -1.68. The molecule has 24 heavy (non-hydrogen) atoms. The van der Waals surface area contributed by atoms with Gasteiger partial charge in [-0.05, 0) is 12.5 Å². The van der Waals surface area contributed by atoms with E-state index in [2.05, 4.69) is 38.0 Å². The fraction of sp³-hybridized carbons (Fsp3) is 0.438. The highest BCUT2D eigenvalue weighted by Gasteiger charge is 2.05. The highest BCUT2D eigenvalue weighted by Crippen LogP contribution is 1.99. The Labute approximate surface area is 159 Å². The molecule has 0 aliphatic rings. The minimum atomic E-state index is 0. The monoisotopic (exact) mass is 444 g/mol. The first-order chi connectivity index (χ1) is 11.2. The van der Waals surface area contributed by atoms with Crippen molar-refractivity contribution >= 4 is 29.9 Å². The molecule has 0 aliphatic heterocycles. The van der Waals surface area contributed by atoms with Crippen molar-refractivity contribution in [3.63, 3.8) is 0 Å². The van der Waals surface area contributed by atoms with E-state index in [-0.39, 0.29) is 24.0 Å². The molecule has 0 atom stereocenters. The van der Waals surface area contributed by atoms with Gasteiger partial charge in [-0.15, -0.1) is 34.2 Å². The molecular weight excluding hydrogens is 419 g/mol. The van der Waals surface area contributed by atoms with E-state index < -0.39 is 0 Å². The number of hydrogen-bond donors (Lipinski definition) is 2. The van der Waals surface area contributed by atoms with Gasteiger partial charge in [-0.1, -0.05) is 30.3 Å². The van der Waals surface area contributed by atoms with E-state index in [9.17, 15) is 0 Å². The topological polar surface area (TPSA) is 76.4 Å². The summed E-state index contributed by atoms with van der Waals surface area (Å²) in [5, 5.41) is 14.6. The van der Waals surface area contributed by atoms with Gasteiger partial charge in [0.1, 0.15) is 5.82 Å². The molecule has 0 aliphatic carbocycles. The number of ether oxygens (including phenoxy) is 1. The van der Waals surface area contributed by atoms with Gasteiger partial charge < -0.3 is 19.9 Å². The van der Waals surface area contributed by atoms with Crippen molar-refractivity contribution in [2.24, 2.45) is 12.0 Å². The SMILES string of the molecule is CN=C(NCCOCc1ccccc1)NCc1nnc(C)n1C.I. The average Bonchev–Trinajstić information content (AvgIpc) is 2.90. The highest BCUT2D eigenvalue weighted by atomic mass is 127. The Morgan fingerprint density at radius 2 is 1.96 bits per heavy atom. The van der Waals surface area contributed by atoms with Crippen LogP contribution in [0.2, 0.25) is 0 Å². The summed E-state index contributed by atoms with van der Waals surface area (Å²) >= 11 is 0. The minimum absolute atomic E-state index is 0. The van der Waals surface area contributed by atoms with Crippen LogP contribution in [0.4, 0.5) is 0 Å². The van der Waals surface area contributed by atoms with Crippen LogP contribution in [0, 0.1) is 6.92 Å². The molecule has 2 aromatic rings. The van der Waals surface area contributed by atoms with Crippen LogP contribution in [0.25, 0.3) is 0 Å². The largest absolute Gasteiger partial charge is 0.375 e. The average molecular weight is 444 g/mol. The molecule has 1 aromatic carbocycles. The summed E-state index contributed by atoms with van der Waals surface area (Å²) in [5.41, 5.74) is 1.17. The highest BCUT2D eigenvalue weighted by molar-refractivity contribution is 14.0. The number of hydrogen-bond acceptors (Lipinski definition) is 4. The van der Waals surface area contributed by atoms with Crippen LogP contribution in [0.15, 0.2) is 35.3 Å². The van der Waals surface area contributed by atoms with Crippen LogP contribution < -0.4 is 10.6 Å². The van der Waals surface area contributed by atoms with Gasteiger partial charge in [0.2, 0.25) is 0 Å². The third kappa shape index (κ3) is 6.44. The number of nitrogens with one attached hydrogen (secondary N) is 2. The summed E-state index contributed by atoms with van der Waals surface area (Å²) in [7, 11) is 3.68. The van der Waals surface area contributed by atoms with Gasteiger partial charge in [-0.3, -0.25) is 4.99 Å². The molecule has 0 unspecified atom stereocenters. The lowest BCUT2D eigenvalue weighted by Crippen LogP contribution is -2.39. The molecule has 0 saturated carbocycles. The van der Waals surface area contributed by atoms with Crippen LogP contribution in [0.1, 0.15) is 17.2 Å². The first-order valence-corrected chi connectivity index (χ1v) is 7.61. The third-order valence-electron chi connectivity index (χ3n) is 3.47. The molecule has 0 saturated heterocycles. The van der Waals surface area contributed by atoms with Crippen LogP contribution in [-0.2, 0) is 24.9 Å². The normalized spacial score (nSPS) is 11.0. The zero-order chi connectivity index (χ0) is 16.5. The summed E-state index contributed by atoms with van der Waals surface area (Å²) in [6.45, 7) is 4.41. The molecule has 0 fully saturated rings. The van der Waals surface area contributed by atoms with Gasteiger partial charge in [0.05, 0.1) is 19.8 Å². The van der Waals surface area contributed by atoms with Gasteiger partial charge in [-0.2, -0.15) is 0 Å². The fourth-order valence-electron chi connectivity index (χ4n) is 1.99. The Morgan fingerprint density at radius 3 is 2.58 bits per heavy atom. The zero-order valence-corrected chi connectivity index (χ0v) is 16.7. The molecule has 132 valence electrons. The maximum Gasteiger partial charge on any atom is 0.191 e. The molecule has 1 heterocycles. The Morgan fingerprint density at radius 1 is 1.21 bits per heavy atom.